The van der Waals surface area contributed by atoms with E-state index in [4.69, 9.17) is 4.74 Å². The molecular formula is C20H34O3. The first-order chi connectivity index (χ1) is 10.8. The summed E-state index contributed by atoms with van der Waals surface area (Å²) in [6, 6.07) is 6.35. The average Bonchev–Trinajstić information content (AvgIpc) is 2.50. The highest BCUT2D eigenvalue weighted by atomic mass is 16.5. The Labute approximate surface area is 141 Å². The largest absolute Gasteiger partial charge is 0.493 e. The molecule has 0 spiro atoms. The second-order valence-electron chi connectivity index (χ2n) is 7.38. The van der Waals surface area contributed by atoms with Gasteiger partial charge >= 0.3 is 0 Å². The fraction of sp³-hybridized carbons (Fsp3) is 0.700. The lowest BCUT2D eigenvalue weighted by Crippen LogP contribution is -2.26. The van der Waals surface area contributed by atoms with E-state index in [-0.39, 0.29) is 5.41 Å². The number of hydrogen-bond donors (Lipinski definition) is 2. The quantitative estimate of drug-likeness (QED) is 0.715. The minimum atomic E-state index is -0.674. The molecule has 0 saturated heterocycles. The van der Waals surface area contributed by atoms with Crippen molar-refractivity contribution in [3.8, 4) is 5.75 Å². The third kappa shape index (κ3) is 6.52. The Morgan fingerprint density at radius 1 is 1.00 bits per heavy atom. The first-order valence-corrected chi connectivity index (χ1v) is 8.91. The van der Waals surface area contributed by atoms with Crippen molar-refractivity contribution in [3.05, 3.63) is 29.3 Å². The molecule has 1 aromatic carbocycles. The molecule has 132 valence electrons. The second kappa shape index (κ2) is 9.29. The monoisotopic (exact) mass is 322 g/mol. The maximum atomic E-state index is 10.1. The van der Waals surface area contributed by atoms with Crippen LogP contribution in [-0.4, -0.2) is 29.0 Å². The van der Waals surface area contributed by atoms with Gasteiger partial charge in [0.05, 0.1) is 18.8 Å². The summed E-state index contributed by atoms with van der Waals surface area (Å²) in [5, 5.41) is 20.0. The topological polar surface area (TPSA) is 49.7 Å². The van der Waals surface area contributed by atoms with Crippen LogP contribution < -0.4 is 4.74 Å². The van der Waals surface area contributed by atoms with E-state index in [1.54, 1.807) is 0 Å². The second-order valence-corrected chi connectivity index (χ2v) is 7.38. The predicted molar refractivity (Wildman–Crippen MR) is 96.2 cm³/mol. The number of aliphatic hydroxyl groups is 2. The molecule has 3 heteroatoms. The summed E-state index contributed by atoms with van der Waals surface area (Å²) in [5.74, 6) is 0.900. The SMILES string of the molecule is CCCOc1ccc(C(C)(C)C)cc1CCC(O)C(O)CCC. The summed E-state index contributed by atoms with van der Waals surface area (Å²) in [5.41, 5.74) is 2.46. The van der Waals surface area contributed by atoms with Gasteiger partial charge in [0, 0.05) is 0 Å². The zero-order chi connectivity index (χ0) is 17.5. The molecular weight excluding hydrogens is 288 g/mol. The molecule has 0 bridgehead atoms. The molecule has 1 rings (SSSR count). The van der Waals surface area contributed by atoms with E-state index in [1.165, 1.54) is 5.56 Å². The van der Waals surface area contributed by atoms with E-state index >= 15 is 0 Å². The molecule has 0 fully saturated rings. The van der Waals surface area contributed by atoms with Gasteiger partial charge in [-0.25, -0.2) is 0 Å². The van der Waals surface area contributed by atoms with E-state index in [1.807, 2.05) is 13.0 Å². The molecule has 0 aliphatic carbocycles. The average molecular weight is 322 g/mol. The van der Waals surface area contributed by atoms with Crippen LogP contribution in [0.5, 0.6) is 5.75 Å². The summed E-state index contributed by atoms with van der Waals surface area (Å²) < 4.78 is 5.85. The number of rotatable bonds is 9. The van der Waals surface area contributed by atoms with Crippen LogP contribution in [0.4, 0.5) is 0 Å². The molecule has 2 unspecified atom stereocenters. The van der Waals surface area contributed by atoms with Crippen LogP contribution in [0.3, 0.4) is 0 Å². The lowest BCUT2D eigenvalue weighted by molar-refractivity contribution is 0.00972. The fourth-order valence-electron chi connectivity index (χ4n) is 2.58. The minimum absolute atomic E-state index is 0.0817. The molecule has 2 N–H and O–H groups in total. The molecule has 0 radical (unpaired) electrons. The number of ether oxygens (including phenoxy) is 1. The van der Waals surface area contributed by atoms with Crippen molar-refractivity contribution in [2.24, 2.45) is 0 Å². The Kier molecular flexibility index (Phi) is 8.07. The molecule has 0 heterocycles. The standard InChI is InChI=1S/C20H34O3/c1-6-8-17(21)18(22)11-9-15-14-16(20(3,4)5)10-12-19(15)23-13-7-2/h10,12,14,17-18,21-22H,6-9,11,13H2,1-5H3. The molecule has 0 amide bonds. The lowest BCUT2D eigenvalue weighted by Gasteiger charge is -2.22. The van der Waals surface area contributed by atoms with Gasteiger partial charge in [-0.05, 0) is 48.3 Å². The first-order valence-electron chi connectivity index (χ1n) is 8.91. The highest BCUT2D eigenvalue weighted by Crippen LogP contribution is 2.29. The van der Waals surface area contributed by atoms with Crippen molar-refractivity contribution in [2.45, 2.75) is 84.3 Å². The van der Waals surface area contributed by atoms with Gasteiger partial charge in [0.2, 0.25) is 0 Å². The molecule has 23 heavy (non-hydrogen) atoms. The van der Waals surface area contributed by atoms with Gasteiger partial charge in [-0.1, -0.05) is 53.2 Å². The highest BCUT2D eigenvalue weighted by molar-refractivity contribution is 5.40. The zero-order valence-electron chi connectivity index (χ0n) is 15.4. The summed E-state index contributed by atoms with van der Waals surface area (Å²) in [7, 11) is 0. The van der Waals surface area contributed by atoms with Gasteiger partial charge in [0.25, 0.3) is 0 Å². The Morgan fingerprint density at radius 3 is 2.22 bits per heavy atom. The summed E-state index contributed by atoms with van der Waals surface area (Å²) >= 11 is 0. The van der Waals surface area contributed by atoms with Crippen molar-refractivity contribution in [1.82, 2.24) is 0 Å². The maximum Gasteiger partial charge on any atom is 0.122 e. The van der Waals surface area contributed by atoms with Crippen molar-refractivity contribution < 1.29 is 14.9 Å². The zero-order valence-corrected chi connectivity index (χ0v) is 15.4. The minimum Gasteiger partial charge on any atom is -0.493 e. The molecule has 0 saturated carbocycles. The fourth-order valence-corrected chi connectivity index (χ4v) is 2.58. The number of aliphatic hydroxyl groups excluding tert-OH is 2. The molecule has 0 aliphatic heterocycles. The Morgan fingerprint density at radius 2 is 1.65 bits per heavy atom. The first kappa shape index (κ1) is 20.0. The van der Waals surface area contributed by atoms with E-state index in [0.29, 0.717) is 25.9 Å². The predicted octanol–water partition coefficient (Wildman–Crippen LogP) is 4.23. The van der Waals surface area contributed by atoms with Crippen molar-refractivity contribution >= 4 is 0 Å². The maximum absolute atomic E-state index is 10.1. The third-order valence-corrected chi connectivity index (χ3v) is 4.13. The Hall–Kier alpha value is -1.06. The Bertz CT molecular complexity index is 462. The van der Waals surface area contributed by atoms with Gasteiger partial charge in [-0.3, -0.25) is 0 Å². The van der Waals surface area contributed by atoms with E-state index < -0.39 is 12.2 Å². The van der Waals surface area contributed by atoms with Crippen molar-refractivity contribution in [3.63, 3.8) is 0 Å². The van der Waals surface area contributed by atoms with Crippen molar-refractivity contribution in [1.29, 1.82) is 0 Å². The smallest absolute Gasteiger partial charge is 0.122 e. The summed E-state index contributed by atoms with van der Waals surface area (Å²) in [4.78, 5) is 0. The van der Waals surface area contributed by atoms with Crippen LogP contribution in [0.2, 0.25) is 0 Å². The van der Waals surface area contributed by atoms with Gasteiger partial charge < -0.3 is 14.9 Å². The lowest BCUT2D eigenvalue weighted by atomic mass is 9.85. The molecule has 2 atom stereocenters. The summed E-state index contributed by atoms with van der Waals surface area (Å²) in [6.07, 6.45) is 2.45. The molecule has 1 aromatic rings. The summed E-state index contributed by atoms with van der Waals surface area (Å²) in [6.45, 7) is 11.4. The normalized spacial score (nSPS) is 14.6. The van der Waals surface area contributed by atoms with Gasteiger partial charge in [-0.15, -0.1) is 0 Å². The molecule has 0 aromatic heterocycles. The molecule has 0 aliphatic rings. The van der Waals surface area contributed by atoms with E-state index in [2.05, 4.69) is 39.8 Å². The number of aryl methyl sites for hydroxylation is 1. The van der Waals surface area contributed by atoms with Crippen LogP contribution >= 0.6 is 0 Å². The number of benzene rings is 1. The Balaban J connectivity index is 2.87. The van der Waals surface area contributed by atoms with Crippen LogP contribution in [0.25, 0.3) is 0 Å². The van der Waals surface area contributed by atoms with Gasteiger partial charge in [0.1, 0.15) is 5.75 Å². The third-order valence-electron chi connectivity index (χ3n) is 4.13. The van der Waals surface area contributed by atoms with Gasteiger partial charge in [0.15, 0.2) is 0 Å². The van der Waals surface area contributed by atoms with Crippen LogP contribution in [0.15, 0.2) is 18.2 Å². The van der Waals surface area contributed by atoms with E-state index in [0.717, 1.165) is 24.2 Å². The highest BCUT2D eigenvalue weighted by Gasteiger charge is 2.19. The number of hydrogen-bond acceptors (Lipinski definition) is 3. The van der Waals surface area contributed by atoms with Crippen LogP contribution in [0, 0.1) is 0 Å². The van der Waals surface area contributed by atoms with E-state index in [9.17, 15) is 10.2 Å². The van der Waals surface area contributed by atoms with Gasteiger partial charge in [-0.2, -0.15) is 0 Å². The van der Waals surface area contributed by atoms with Crippen LogP contribution in [0.1, 0.15) is 71.4 Å². The van der Waals surface area contributed by atoms with Crippen LogP contribution in [-0.2, 0) is 11.8 Å². The molecule has 3 nitrogen and oxygen atoms in total. The van der Waals surface area contributed by atoms with Crippen molar-refractivity contribution in [2.75, 3.05) is 6.61 Å².